The van der Waals surface area contributed by atoms with Gasteiger partial charge in [-0.3, -0.25) is 9.59 Å². The Kier molecular flexibility index (Phi) is 7.02. The second-order valence-corrected chi connectivity index (χ2v) is 7.70. The van der Waals surface area contributed by atoms with E-state index < -0.39 is 6.04 Å². The van der Waals surface area contributed by atoms with Crippen molar-refractivity contribution < 1.29 is 9.59 Å². The number of halogens is 1. The number of hydrogen-bond donors (Lipinski definition) is 1. The van der Waals surface area contributed by atoms with Gasteiger partial charge in [-0.2, -0.15) is 11.3 Å². The van der Waals surface area contributed by atoms with Gasteiger partial charge < -0.3 is 10.2 Å². The van der Waals surface area contributed by atoms with E-state index in [4.69, 9.17) is 11.6 Å². The molecule has 2 aromatic rings. The Morgan fingerprint density at radius 2 is 1.88 bits per heavy atom. The third kappa shape index (κ3) is 5.87. The van der Waals surface area contributed by atoms with Crippen molar-refractivity contribution in [1.29, 1.82) is 0 Å². The Hall–Kier alpha value is -1.85. The number of carbonyl (C=O) groups excluding carboxylic acids is 2. The van der Waals surface area contributed by atoms with Crippen LogP contribution in [0.3, 0.4) is 0 Å². The zero-order chi connectivity index (χ0) is 18.4. The molecule has 0 unspecified atom stereocenters. The van der Waals surface area contributed by atoms with Crippen LogP contribution in [0.15, 0.2) is 41.1 Å². The van der Waals surface area contributed by atoms with Crippen LogP contribution in [-0.4, -0.2) is 29.8 Å². The molecule has 2 amide bonds. The van der Waals surface area contributed by atoms with E-state index in [0.29, 0.717) is 23.6 Å². The number of likely N-dealkylation sites (N-methyl/N-ethyl adjacent to an activating group) is 1. The summed E-state index contributed by atoms with van der Waals surface area (Å²) in [6, 6.07) is 8.09. The Balaban J connectivity index is 2.07. The highest BCUT2D eigenvalue weighted by Crippen LogP contribution is 2.14. The number of nitrogens with zero attached hydrogens (tertiary/aromatic N) is 1. The van der Waals surface area contributed by atoms with Gasteiger partial charge in [0.25, 0.3) is 5.91 Å². The summed E-state index contributed by atoms with van der Waals surface area (Å²) in [7, 11) is 1.77. The minimum atomic E-state index is -0.549. The summed E-state index contributed by atoms with van der Waals surface area (Å²) in [5, 5.41) is 7.45. The minimum absolute atomic E-state index is 0.0813. The lowest BCUT2D eigenvalue weighted by atomic mass is 10.0. The highest BCUT2D eigenvalue weighted by molar-refractivity contribution is 7.07. The average molecular weight is 379 g/mol. The van der Waals surface area contributed by atoms with Gasteiger partial charge in [0.2, 0.25) is 5.91 Å². The molecule has 6 heteroatoms. The van der Waals surface area contributed by atoms with Crippen LogP contribution in [0.5, 0.6) is 0 Å². The van der Waals surface area contributed by atoms with Gasteiger partial charge >= 0.3 is 0 Å². The van der Waals surface area contributed by atoms with Gasteiger partial charge in [-0.25, -0.2) is 0 Å². The Morgan fingerprint density at radius 1 is 1.20 bits per heavy atom. The van der Waals surface area contributed by atoms with E-state index in [-0.39, 0.29) is 17.7 Å². The van der Waals surface area contributed by atoms with Crippen molar-refractivity contribution in [2.24, 2.45) is 5.92 Å². The maximum absolute atomic E-state index is 12.8. The summed E-state index contributed by atoms with van der Waals surface area (Å²) < 4.78 is 0. The fourth-order valence-corrected chi connectivity index (χ4v) is 3.32. The normalized spacial score (nSPS) is 12.0. The lowest BCUT2D eigenvalue weighted by Gasteiger charge is -2.25. The number of benzene rings is 1. The Bertz CT molecular complexity index is 699. The lowest BCUT2D eigenvalue weighted by Crippen LogP contribution is -2.47. The first-order chi connectivity index (χ1) is 11.9. The average Bonchev–Trinajstić information content (AvgIpc) is 3.06. The van der Waals surface area contributed by atoms with E-state index in [2.05, 4.69) is 5.32 Å². The minimum Gasteiger partial charge on any atom is -0.340 e. The summed E-state index contributed by atoms with van der Waals surface area (Å²) in [5.74, 6) is -0.0594. The standard InChI is InChI=1S/C19H23ClN2O2S/c1-13(2)10-17(19(24)22(3)11-14-8-9-25-12-14)21-18(23)15-4-6-16(20)7-5-15/h4-9,12-13,17H,10-11H2,1-3H3,(H,21,23)/t17-/m0/s1. The number of nitrogens with one attached hydrogen (secondary N) is 1. The Labute approximate surface area is 157 Å². The van der Waals surface area contributed by atoms with Crippen LogP contribution in [-0.2, 0) is 11.3 Å². The predicted molar refractivity (Wildman–Crippen MR) is 103 cm³/mol. The molecule has 0 bridgehead atoms. The number of thiophene rings is 1. The van der Waals surface area contributed by atoms with Gasteiger partial charge in [-0.1, -0.05) is 25.4 Å². The van der Waals surface area contributed by atoms with Gasteiger partial charge in [-0.15, -0.1) is 0 Å². The molecule has 0 aliphatic carbocycles. The number of carbonyl (C=O) groups is 2. The third-order valence-electron chi connectivity index (χ3n) is 3.79. The molecule has 0 fully saturated rings. The van der Waals surface area contributed by atoms with Crippen LogP contribution in [0, 0.1) is 5.92 Å². The van der Waals surface area contributed by atoms with E-state index in [1.807, 2.05) is 30.7 Å². The van der Waals surface area contributed by atoms with Crippen molar-refractivity contribution in [3.63, 3.8) is 0 Å². The van der Waals surface area contributed by atoms with Gasteiger partial charge in [-0.05, 0) is 59.0 Å². The molecular formula is C19H23ClN2O2S. The summed E-state index contributed by atoms with van der Waals surface area (Å²) in [5.41, 5.74) is 1.58. The summed E-state index contributed by atoms with van der Waals surface area (Å²) >= 11 is 7.46. The molecule has 0 aliphatic heterocycles. The molecule has 1 N–H and O–H groups in total. The fraction of sp³-hybridized carbons (Fsp3) is 0.368. The van der Waals surface area contributed by atoms with Crippen LogP contribution in [0.4, 0.5) is 0 Å². The Morgan fingerprint density at radius 3 is 2.44 bits per heavy atom. The SMILES string of the molecule is CC(C)C[C@H](NC(=O)c1ccc(Cl)cc1)C(=O)N(C)Cc1ccsc1. The summed E-state index contributed by atoms with van der Waals surface area (Å²) in [6.07, 6.45) is 0.589. The zero-order valence-electron chi connectivity index (χ0n) is 14.7. The second-order valence-electron chi connectivity index (χ2n) is 6.49. The molecule has 1 aromatic heterocycles. The molecule has 0 radical (unpaired) electrons. The van der Waals surface area contributed by atoms with E-state index >= 15 is 0 Å². The third-order valence-corrected chi connectivity index (χ3v) is 4.78. The van der Waals surface area contributed by atoms with Crippen molar-refractivity contribution in [3.05, 3.63) is 57.2 Å². The van der Waals surface area contributed by atoms with E-state index in [1.165, 1.54) is 0 Å². The van der Waals surface area contributed by atoms with Crippen LogP contribution < -0.4 is 5.32 Å². The first kappa shape index (κ1) is 19.5. The molecule has 2 rings (SSSR count). The predicted octanol–water partition coefficient (Wildman–Crippen LogP) is 4.20. The van der Waals surface area contributed by atoms with Crippen molar-refractivity contribution in [3.8, 4) is 0 Å². The van der Waals surface area contributed by atoms with Crippen molar-refractivity contribution in [2.75, 3.05) is 7.05 Å². The van der Waals surface area contributed by atoms with Crippen molar-refractivity contribution in [2.45, 2.75) is 32.9 Å². The molecule has 0 saturated carbocycles. The molecular weight excluding hydrogens is 356 g/mol. The maximum atomic E-state index is 12.8. The van der Waals surface area contributed by atoms with Crippen molar-refractivity contribution in [1.82, 2.24) is 10.2 Å². The van der Waals surface area contributed by atoms with Gasteiger partial charge in [0.05, 0.1) is 0 Å². The first-order valence-corrected chi connectivity index (χ1v) is 9.51. The van der Waals surface area contributed by atoms with Crippen LogP contribution >= 0.6 is 22.9 Å². The van der Waals surface area contributed by atoms with E-state index in [0.717, 1.165) is 5.56 Å². The smallest absolute Gasteiger partial charge is 0.251 e. The number of amides is 2. The zero-order valence-corrected chi connectivity index (χ0v) is 16.2. The lowest BCUT2D eigenvalue weighted by molar-refractivity contribution is -0.132. The maximum Gasteiger partial charge on any atom is 0.251 e. The molecule has 1 atom stereocenters. The van der Waals surface area contributed by atoms with Crippen LogP contribution in [0.1, 0.15) is 36.2 Å². The van der Waals surface area contributed by atoms with Crippen LogP contribution in [0.25, 0.3) is 0 Å². The summed E-state index contributed by atoms with van der Waals surface area (Å²) in [4.78, 5) is 27.0. The second kappa shape index (κ2) is 9.02. The van der Waals surface area contributed by atoms with Gasteiger partial charge in [0.15, 0.2) is 0 Å². The highest BCUT2D eigenvalue weighted by atomic mass is 35.5. The quantitative estimate of drug-likeness (QED) is 0.784. The molecule has 0 aliphatic rings. The molecule has 1 aromatic carbocycles. The molecule has 134 valence electrons. The van der Waals surface area contributed by atoms with Gasteiger partial charge in [0.1, 0.15) is 6.04 Å². The first-order valence-electron chi connectivity index (χ1n) is 8.19. The van der Waals surface area contributed by atoms with Gasteiger partial charge in [0, 0.05) is 24.2 Å². The molecule has 1 heterocycles. The molecule has 4 nitrogen and oxygen atoms in total. The molecule has 0 saturated heterocycles. The van der Waals surface area contributed by atoms with Crippen LogP contribution in [0.2, 0.25) is 5.02 Å². The molecule has 0 spiro atoms. The molecule has 25 heavy (non-hydrogen) atoms. The summed E-state index contributed by atoms with van der Waals surface area (Å²) in [6.45, 7) is 4.61. The van der Waals surface area contributed by atoms with E-state index in [9.17, 15) is 9.59 Å². The monoisotopic (exact) mass is 378 g/mol. The number of hydrogen-bond acceptors (Lipinski definition) is 3. The highest BCUT2D eigenvalue weighted by Gasteiger charge is 2.25. The van der Waals surface area contributed by atoms with E-state index in [1.54, 1.807) is 47.5 Å². The van der Waals surface area contributed by atoms with Crippen molar-refractivity contribution >= 4 is 34.8 Å². The number of rotatable bonds is 7. The topological polar surface area (TPSA) is 49.4 Å². The fourth-order valence-electron chi connectivity index (χ4n) is 2.54. The largest absolute Gasteiger partial charge is 0.340 e.